The highest BCUT2D eigenvalue weighted by atomic mass is 32.1. The van der Waals surface area contributed by atoms with Crippen LogP contribution in [0.1, 0.15) is 34.7 Å². The second-order valence-corrected chi connectivity index (χ2v) is 9.76. The molecule has 1 fully saturated rings. The molecule has 172 valence electrons. The van der Waals surface area contributed by atoms with Crippen molar-refractivity contribution in [3.05, 3.63) is 81.6 Å². The van der Waals surface area contributed by atoms with E-state index in [9.17, 15) is 14.3 Å². The molecule has 0 atom stereocenters. The van der Waals surface area contributed by atoms with Gasteiger partial charge in [-0.3, -0.25) is 4.90 Å². The molecule has 0 unspecified atom stereocenters. The number of aliphatic hydroxyl groups is 1. The van der Waals surface area contributed by atoms with E-state index in [1.807, 2.05) is 5.38 Å². The van der Waals surface area contributed by atoms with E-state index in [0.717, 1.165) is 31.1 Å². The summed E-state index contributed by atoms with van der Waals surface area (Å²) in [4.78, 5) is 21.3. The summed E-state index contributed by atoms with van der Waals surface area (Å²) in [6, 6.07) is 14.1. The zero-order valence-corrected chi connectivity index (χ0v) is 19.2. The molecule has 2 aliphatic rings. The molecule has 0 aliphatic carbocycles. The monoisotopic (exact) mass is 466 g/mol. The summed E-state index contributed by atoms with van der Waals surface area (Å²) in [5.74, 6) is -0.395. The topological polar surface area (TPSA) is 68.7 Å². The smallest absolute Gasteiger partial charge is 0.321 e. The number of hydrogen-bond acceptors (Lipinski definition) is 5. The molecule has 1 saturated heterocycles. The second kappa shape index (κ2) is 9.21. The number of urea groups is 1. The minimum absolute atomic E-state index is 0.285. The van der Waals surface area contributed by atoms with Crippen molar-refractivity contribution in [3.63, 3.8) is 0 Å². The van der Waals surface area contributed by atoms with Gasteiger partial charge in [-0.1, -0.05) is 30.3 Å². The number of piperidine rings is 1. The number of aromatic nitrogens is 1. The molecule has 6 nitrogen and oxygen atoms in total. The molecule has 33 heavy (non-hydrogen) atoms. The van der Waals surface area contributed by atoms with Crippen molar-refractivity contribution in [1.29, 1.82) is 0 Å². The van der Waals surface area contributed by atoms with Gasteiger partial charge in [-0.05, 0) is 48.6 Å². The van der Waals surface area contributed by atoms with Gasteiger partial charge in [0, 0.05) is 37.2 Å². The van der Waals surface area contributed by atoms with Gasteiger partial charge >= 0.3 is 6.03 Å². The fraction of sp³-hybridized carbons (Fsp3) is 0.360. The number of nitrogens with zero attached hydrogens (tertiary/aromatic N) is 3. The van der Waals surface area contributed by atoms with Crippen molar-refractivity contribution in [2.24, 2.45) is 0 Å². The summed E-state index contributed by atoms with van der Waals surface area (Å²) in [6.45, 7) is 3.52. The van der Waals surface area contributed by atoms with Crippen molar-refractivity contribution in [1.82, 2.24) is 14.8 Å². The van der Waals surface area contributed by atoms with Crippen LogP contribution in [0.5, 0.6) is 0 Å². The Morgan fingerprint density at radius 3 is 2.70 bits per heavy atom. The highest BCUT2D eigenvalue weighted by Crippen LogP contribution is 2.34. The van der Waals surface area contributed by atoms with Crippen LogP contribution in [0, 0.1) is 5.82 Å². The van der Waals surface area contributed by atoms with E-state index in [0.29, 0.717) is 37.3 Å². The number of benzene rings is 2. The number of likely N-dealkylation sites (tertiary alicyclic amines) is 1. The number of thiazole rings is 1. The van der Waals surface area contributed by atoms with Gasteiger partial charge in [0.05, 0.1) is 12.2 Å². The molecule has 0 bridgehead atoms. The average Bonchev–Trinajstić information content (AvgIpc) is 3.29. The second-order valence-electron chi connectivity index (χ2n) is 8.81. The Balaban J connectivity index is 1.17. The summed E-state index contributed by atoms with van der Waals surface area (Å²) in [7, 11) is 0. The quantitative estimate of drug-likeness (QED) is 0.600. The molecule has 8 heteroatoms. The Morgan fingerprint density at radius 1 is 1.12 bits per heavy atom. The van der Waals surface area contributed by atoms with E-state index in [4.69, 9.17) is 4.98 Å². The first kappa shape index (κ1) is 22.0. The Labute approximate surface area is 196 Å². The lowest BCUT2D eigenvalue weighted by atomic mass is 9.89. The number of carbonyl (C=O) groups is 1. The number of halogens is 1. The summed E-state index contributed by atoms with van der Waals surface area (Å²) in [5, 5.41) is 16.9. The number of fused-ring (bicyclic) bond motifs is 1. The van der Waals surface area contributed by atoms with Gasteiger partial charge in [-0.25, -0.2) is 14.2 Å². The third-order valence-corrected chi connectivity index (χ3v) is 7.38. The van der Waals surface area contributed by atoms with Crippen LogP contribution >= 0.6 is 11.3 Å². The van der Waals surface area contributed by atoms with Gasteiger partial charge in [0.2, 0.25) is 0 Å². The summed E-state index contributed by atoms with van der Waals surface area (Å²) < 4.78 is 13.4. The first-order chi connectivity index (χ1) is 16.0. The van der Waals surface area contributed by atoms with Crippen LogP contribution in [0.3, 0.4) is 0 Å². The van der Waals surface area contributed by atoms with Crippen molar-refractivity contribution in [2.45, 2.75) is 38.0 Å². The maximum Gasteiger partial charge on any atom is 0.321 e. The van der Waals surface area contributed by atoms with E-state index in [2.05, 4.69) is 34.5 Å². The fourth-order valence-corrected chi connectivity index (χ4v) is 5.51. The molecule has 5 rings (SSSR count). The van der Waals surface area contributed by atoms with Gasteiger partial charge in [0.1, 0.15) is 16.4 Å². The number of nitrogens with one attached hydrogen (secondary N) is 1. The largest absolute Gasteiger partial charge is 0.383 e. The van der Waals surface area contributed by atoms with E-state index in [-0.39, 0.29) is 6.03 Å². The number of rotatable bonds is 4. The van der Waals surface area contributed by atoms with Crippen LogP contribution in [-0.4, -0.2) is 45.6 Å². The van der Waals surface area contributed by atoms with Gasteiger partial charge in [-0.2, -0.15) is 0 Å². The fourth-order valence-electron chi connectivity index (χ4n) is 4.58. The molecule has 2 aromatic carbocycles. The number of anilines is 1. The van der Waals surface area contributed by atoms with Crippen LogP contribution in [0.2, 0.25) is 0 Å². The normalized spacial score (nSPS) is 18.1. The van der Waals surface area contributed by atoms with E-state index in [1.165, 1.54) is 23.3 Å². The molecule has 0 radical (unpaired) electrons. The highest BCUT2D eigenvalue weighted by Gasteiger charge is 2.37. The predicted octanol–water partition coefficient (Wildman–Crippen LogP) is 4.36. The van der Waals surface area contributed by atoms with Crippen LogP contribution in [0.4, 0.5) is 14.9 Å². The molecule has 3 heterocycles. The summed E-state index contributed by atoms with van der Waals surface area (Å²) >= 11 is 1.59. The number of amides is 2. The Morgan fingerprint density at radius 2 is 1.91 bits per heavy atom. The molecule has 2 N–H and O–H groups in total. The minimum atomic E-state index is -1.03. The molecular weight excluding hydrogens is 439 g/mol. The predicted molar refractivity (Wildman–Crippen MR) is 126 cm³/mol. The maximum absolute atomic E-state index is 13.4. The standard InChI is InChI=1S/C25H27FN4O2S/c26-20-6-3-7-21(14-20)27-24(31)30-12-9-25(32,10-13-30)22-17-33-23(28-22)16-29-11-8-18-4-1-2-5-19(18)15-29/h1-7,14,17,32H,8-13,15-16H2,(H,27,31). The van der Waals surface area contributed by atoms with E-state index >= 15 is 0 Å². The highest BCUT2D eigenvalue weighted by molar-refractivity contribution is 7.09. The number of carbonyl (C=O) groups excluding carboxylic acids is 1. The van der Waals surface area contributed by atoms with E-state index < -0.39 is 11.4 Å². The molecule has 0 spiro atoms. The Bertz CT molecular complexity index is 1140. The van der Waals surface area contributed by atoms with Gasteiger partial charge < -0.3 is 15.3 Å². The van der Waals surface area contributed by atoms with Crippen LogP contribution < -0.4 is 5.32 Å². The lowest BCUT2D eigenvalue weighted by molar-refractivity contribution is -0.0189. The Kier molecular flexibility index (Phi) is 6.14. The van der Waals surface area contributed by atoms with E-state index in [1.54, 1.807) is 28.4 Å². The zero-order chi connectivity index (χ0) is 22.8. The number of hydrogen-bond donors (Lipinski definition) is 2. The SMILES string of the molecule is O=C(Nc1cccc(F)c1)N1CCC(O)(c2csc(CN3CCc4ccccc4C3)n2)CC1. The van der Waals surface area contributed by atoms with Gasteiger partial charge in [0.15, 0.2) is 0 Å². The molecule has 2 aliphatic heterocycles. The summed E-state index contributed by atoms with van der Waals surface area (Å²) in [6.07, 6.45) is 1.89. The van der Waals surface area contributed by atoms with Gasteiger partial charge in [0.25, 0.3) is 0 Å². The third kappa shape index (κ3) is 4.93. The zero-order valence-electron chi connectivity index (χ0n) is 18.3. The minimum Gasteiger partial charge on any atom is -0.383 e. The summed E-state index contributed by atoms with van der Waals surface area (Å²) in [5.41, 5.74) is 2.90. The molecule has 3 aromatic rings. The van der Waals surface area contributed by atoms with Crippen LogP contribution in [0.15, 0.2) is 53.9 Å². The van der Waals surface area contributed by atoms with Crippen LogP contribution in [0.25, 0.3) is 0 Å². The van der Waals surface area contributed by atoms with Crippen molar-refractivity contribution < 1.29 is 14.3 Å². The average molecular weight is 467 g/mol. The van der Waals surface area contributed by atoms with Gasteiger partial charge in [-0.15, -0.1) is 11.3 Å². The van der Waals surface area contributed by atoms with Crippen molar-refractivity contribution in [2.75, 3.05) is 25.0 Å². The molecule has 2 amide bonds. The van der Waals surface area contributed by atoms with Crippen molar-refractivity contribution in [3.8, 4) is 0 Å². The maximum atomic E-state index is 13.4. The van der Waals surface area contributed by atoms with Crippen molar-refractivity contribution >= 4 is 23.1 Å². The lowest BCUT2D eigenvalue weighted by Gasteiger charge is -2.37. The Hall–Kier alpha value is -2.81. The lowest BCUT2D eigenvalue weighted by Crippen LogP contribution is -2.46. The third-order valence-electron chi connectivity index (χ3n) is 6.55. The molecule has 0 saturated carbocycles. The first-order valence-corrected chi connectivity index (χ1v) is 12.1. The molecule has 1 aromatic heterocycles. The van der Waals surface area contributed by atoms with Crippen LogP contribution in [-0.2, 0) is 25.1 Å². The molecular formula is C25H27FN4O2S. The first-order valence-electron chi connectivity index (χ1n) is 11.3.